The van der Waals surface area contributed by atoms with Crippen molar-refractivity contribution in [3.05, 3.63) is 18.5 Å². The largest absolute Gasteiger partial charge is 0.396 e. The first-order chi connectivity index (χ1) is 12.1. The second kappa shape index (κ2) is 6.80. The Labute approximate surface area is 148 Å². The summed E-state index contributed by atoms with van der Waals surface area (Å²) in [6.07, 6.45) is 12.4. The molecule has 6 N–H and O–H groups in total. The third kappa shape index (κ3) is 3.30. The average molecular weight is 343 g/mol. The predicted octanol–water partition coefficient (Wildman–Crippen LogP) is 1.66. The van der Waals surface area contributed by atoms with Gasteiger partial charge in [0.2, 0.25) is 0 Å². The van der Waals surface area contributed by atoms with Crippen LogP contribution in [-0.4, -0.2) is 38.8 Å². The number of nitrogen functional groups attached to an aromatic ring is 1. The van der Waals surface area contributed by atoms with Crippen LogP contribution < -0.4 is 22.1 Å². The lowest BCUT2D eigenvalue weighted by Gasteiger charge is -2.44. The molecule has 2 aromatic heterocycles. The Hall–Kier alpha value is -1.86. The maximum atomic E-state index is 6.25. The van der Waals surface area contributed by atoms with Gasteiger partial charge in [-0.1, -0.05) is 0 Å². The molecule has 25 heavy (non-hydrogen) atoms. The van der Waals surface area contributed by atoms with Crippen molar-refractivity contribution in [2.75, 3.05) is 10.6 Å². The number of rotatable bonds is 3. The van der Waals surface area contributed by atoms with Gasteiger partial charge >= 0.3 is 0 Å². The van der Waals surface area contributed by atoms with Gasteiger partial charge in [0.05, 0.1) is 5.69 Å². The van der Waals surface area contributed by atoms with Crippen LogP contribution in [0.25, 0.3) is 5.65 Å². The van der Waals surface area contributed by atoms with Gasteiger partial charge in [-0.2, -0.15) is 0 Å². The fourth-order valence-electron chi connectivity index (χ4n) is 4.49. The first-order valence-corrected chi connectivity index (χ1v) is 9.51. The van der Waals surface area contributed by atoms with Gasteiger partial charge < -0.3 is 22.1 Å². The Morgan fingerprint density at radius 1 is 0.920 bits per heavy atom. The van der Waals surface area contributed by atoms with Crippen LogP contribution in [0.1, 0.15) is 51.4 Å². The van der Waals surface area contributed by atoms with Crippen LogP contribution in [0, 0.1) is 0 Å². The number of fused-ring (bicyclic) bond motifs is 1. The molecule has 7 heteroatoms. The third-order valence-electron chi connectivity index (χ3n) is 5.91. The maximum absolute atomic E-state index is 6.25. The molecule has 0 atom stereocenters. The van der Waals surface area contributed by atoms with E-state index in [1.54, 1.807) is 10.7 Å². The summed E-state index contributed by atoms with van der Waals surface area (Å²) < 4.78 is 1.79. The van der Waals surface area contributed by atoms with Crippen molar-refractivity contribution in [1.29, 1.82) is 0 Å². The van der Waals surface area contributed by atoms with Gasteiger partial charge in [-0.15, -0.1) is 5.10 Å². The Morgan fingerprint density at radius 2 is 1.48 bits per heavy atom. The molecule has 0 bridgehead atoms. The van der Waals surface area contributed by atoms with Gasteiger partial charge in [0.1, 0.15) is 0 Å². The molecule has 136 valence electrons. The number of aromatic nitrogens is 3. The number of nitrogens with two attached hydrogens (primary N) is 3. The van der Waals surface area contributed by atoms with Crippen molar-refractivity contribution >= 4 is 17.2 Å². The molecule has 0 spiro atoms. The second-order valence-electron chi connectivity index (χ2n) is 7.70. The monoisotopic (exact) mass is 343 g/mol. The van der Waals surface area contributed by atoms with E-state index in [-0.39, 0.29) is 0 Å². The second-order valence-corrected chi connectivity index (χ2v) is 7.70. The van der Waals surface area contributed by atoms with E-state index in [0.717, 1.165) is 62.8 Å². The molecule has 0 aliphatic heterocycles. The molecule has 0 unspecified atom stereocenters. The molecule has 0 radical (unpaired) electrons. The van der Waals surface area contributed by atoms with E-state index in [2.05, 4.69) is 9.88 Å². The molecule has 2 aromatic rings. The molecule has 2 aliphatic carbocycles. The minimum Gasteiger partial charge on any atom is -0.396 e. The molecule has 2 aliphatic rings. The first kappa shape index (κ1) is 16.6. The highest BCUT2D eigenvalue weighted by Crippen LogP contribution is 2.34. The lowest BCUT2D eigenvalue weighted by Crippen LogP contribution is -2.49. The fourth-order valence-corrected chi connectivity index (χ4v) is 4.49. The van der Waals surface area contributed by atoms with Crippen molar-refractivity contribution in [3.63, 3.8) is 0 Å². The third-order valence-corrected chi connectivity index (χ3v) is 5.91. The molecule has 7 nitrogen and oxygen atoms in total. The zero-order valence-electron chi connectivity index (χ0n) is 14.7. The van der Waals surface area contributed by atoms with Gasteiger partial charge in [0.25, 0.3) is 0 Å². The van der Waals surface area contributed by atoms with Crippen LogP contribution >= 0.6 is 0 Å². The molecule has 0 saturated heterocycles. The Bertz CT molecular complexity index is 689. The van der Waals surface area contributed by atoms with Crippen molar-refractivity contribution < 1.29 is 0 Å². The first-order valence-electron chi connectivity index (χ1n) is 9.51. The van der Waals surface area contributed by atoms with Crippen LogP contribution in [-0.2, 0) is 0 Å². The van der Waals surface area contributed by atoms with E-state index >= 15 is 0 Å². The molecule has 2 heterocycles. The van der Waals surface area contributed by atoms with E-state index in [9.17, 15) is 0 Å². The molecular formula is C18H29N7. The van der Waals surface area contributed by atoms with E-state index in [1.807, 2.05) is 12.3 Å². The van der Waals surface area contributed by atoms with Crippen LogP contribution in [0.15, 0.2) is 18.5 Å². The molecular weight excluding hydrogens is 314 g/mol. The zero-order chi connectivity index (χ0) is 17.4. The van der Waals surface area contributed by atoms with Crippen LogP contribution in [0.5, 0.6) is 0 Å². The van der Waals surface area contributed by atoms with Crippen molar-refractivity contribution in [2.45, 2.75) is 75.5 Å². The molecule has 0 amide bonds. The lowest BCUT2D eigenvalue weighted by molar-refractivity contribution is 0.309. The topological polar surface area (TPSA) is 111 Å². The summed E-state index contributed by atoms with van der Waals surface area (Å²) in [5.41, 5.74) is 19.9. The normalized spacial score (nSPS) is 30.5. The summed E-state index contributed by atoms with van der Waals surface area (Å²) in [6.45, 7) is 0. The summed E-state index contributed by atoms with van der Waals surface area (Å²) in [5, 5.41) is 4.82. The van der Waals surface area contributed by atoms with E-state index in [1.165, 1.54) is 0 Å². The average Bonchev–Trinajstić information content (AvgIpc) is 3.08. The Kier molecular flexibility index (Phi) is 4.52. The van der Waals surface area contributed by atoms with Gasteiger partial charge in [0, 0.05) is 42.6 Å². The summed E-state index contributed by atoms with van der Waals surface area (Å²) in [7, 11) is 0. The summed E-state index contributed by atoms with van der Waals surface area (Å²) in [4.78, 5) is 6.81. The number of anilines is 2. The molecule has 0 aromatic carbocycles. The Balaban J connectivity index is 1.68. The van der Waals surface area contributed by atoms with Gasteiger partial charge in [-0.3, -0.25) is 0 Å². The number of hydrogen-bond acceptors (Lipinski definition) is 6. The molecule has 2 fully saturated rings. The highest BCUT2D eigenvalue weighted by atomic mass is 15.3. The summed E-state index contributed by atoms with van der Waals surface area (Å²) in [5.74, 6) is 0.962. The summed E-state index contributed by atoms with van der Waals surface area (Å²) >= 11 is 0. The molecule has 4 rings (SSSR count). The van der Waals surface area contributed by atoms with Crippen molar-refractivity contribution in [2.24, 2.45) is 11.5 Å². The van der Waals surface area contributed by atoms with E-state index in [4.69, 9.17) is 22.3 Å². The van der Waals surface area contributed by atoms with Gasteiger partial charge in [-0.05, 0) is 51.4 Å². The van der Waals surface area contributed by atoms with E-state index < -0.39 is 0 Å². The highest BCUT2D eigenvalue weighted by molar-refractivity contribution is 5.68. The predicted molar refractivity (Wildman–Crippen MR) is 100 cm³/mol. The van der Waals surface area contributed by atoms with Crippen LogP contribution in [0.3, 0.4) is 0 Å². The van der Waals surface area contributed by atoms with Gasteiger partial charge in [0.15, 0.2) is 11.5 Å². The van der Waals surface area contributed by atoms with Gasteiger partial charge in [-0.25, -0.2) is 9.50 Å². The zero-order valence-corrected chi connectivity index (χ0v) is 14.7. The van der Waals surface area contributed by atoms with Crippen molar-refractivity contribution in [3.8, 4) is 0 Å². The van der Waals surface area contributed by atoms with Crippen LogP contribution in [0.4, 0.5) is 11.5 Å². The minimum atomic E-state index is 0.340. The number of nitrogens with zero attached hydrogens (tertiary/aromatic N) is 4. The SMILES string of the molecule is Nc1cc(N([C@H]2CC[C@H](N)CC2)[C@H]2CC[C@H](N)CC2)nn2ccnc12. The minimum absolute atomic E-state index is 0.340. The number of hydrogen-bond donors (Lipinski definition) is 3. The maximum Gasteiger partial charge on any atom is 0.176 e. The smallest absolute Gasteiger partial charge is 0.176 e. The van der Waals surface area contributed by atoms with Crippen LogP contribution in [0.2, 0.25) is 0 Å². The number of imidazole rings is 1. The highest BCUT2D eigenvalue weighted by Gasteiger charge is 2.33. The summed E-state index contributed by atoms with van der Waals surface area (Å²) in [6, 6.07) is 3.63. The quantitative estimate of drug-likeness (QED) is 0.781. The fraction of sp³-hybridized carbons (Fsp3) is 0.667. The standard InChI is InChI=1S/C18H29N7/c19-12-1-5-14(6-2-12)25(15-7-3-13(20)4-8-15)17-11-16(21)18-22-9-10-24(18)23-17/h9-15H,1-8,19-21H2/t12-,13-,14-,15-. The molecule has 2 saturated carbocycles. The Morgan fingerprint density at radius 3 is 2.04 bits per heavy atom. The van der Waals surface area contributed by atoms with E-state index in [0.29, 0.717) is 29.9 Å². The lowest BCUT2D eigenvalue weighted by atomic mass is 9.86. The van der Waals surface area contributed by atoms with Crippen molar-refractivity contribution in [1.82, 2.24) is 14.6 Å².